The average Bonchev–Trinajstić information content (AvgIpc) is 2.29. The molecule has 0 unspecified atom stereocenters. The maximum absolute atomic E-state index is 11.2. The average molecular weight is 204 g/mol. The third kappa shape index (κ3) is 2.15. The Morgan fingerprint density at radius 1 is 1.27 bits per heavy atom. The van der Waals surface area contributed by atoms with Gasteiger partial charge in [0.05, 0.1) is 6.54 Å². The number of benzene rings is 1. The van der Waals surface area contributed by atoms with Crippen LogP contribution >= 0.6 is 0 Å². The van der Waals surface area contributed by atoms with Gasteiger partial charge in [-0.05, 0) is 24.3 Å². The van der Waals surface area contributed by atoms with Crippen LogP contribution in [0.1, 0.15) is 10.4 Å². The number of rotatable bonds is 2. The van der Waals surface area contributed by atoms with Gasteiger partial charge in [0.25, 0.3) is 0 Å². The molecule has 0 saturated carbocycles. The van der Waals surface area contributed by atoms with Gasteiger partial charge in [-0.15, -0.1) is 0 Å². The number of amides is 1. The summed E-state index contributed by atoms with van der Waals surface area (Å²) in [6.45, 7) is 1.88. The van der Waals surface area contributed by atoms with Crippen LogP contribution < -0.4 is 10.2 Å². The van der Waals surface area contributed by atoms with Crippen molar-refractivity contribution in [3.05, 3.63) is 29.8 Å². The molecule has 1 aliphatic heterocycles. The molecule has 2 rings (SSSR count). The Bertz CT molecular complexity index is 373. The van der Waals surface area contributed by atoms with Gasteiger partial charge in [-0.3, -0.25) is 9.59 Å². The predicted octanol–water partition coefficient (Wildman–Crippen LogP) is 0.435. The molecule has 78 valence electrons. The topological polar surface area (TPSA) is 49.4 Å². The third-order valence-electron chi connectivity index (χ3n) is 2.43. The number of hydrogen-bond acceptors (Lipinski definition) is 3. The lowest BCUT2D eigenvalue weighted by molar-refractivity contribution is -0.120. The molecule has 1 aromatic rings. The Balaban J connectivity index is 2.14. The molecule has 0 spiro atoms. The van der Waals surface area contributed by atoms with Crippen LogP contribution in [-0.4, -0.2) is 31.8 Å². The summed E-state index contributed by atoms with van der Waals surface area (Å²) in [4.78, 5) is 23.6. The zero-order chi connectivity index (χ0) is 10.7. The van der Waals surface area contributed by atoms with Crippen LogP contribution in [0.2, 0.25) is 0 Å². The van der Waals surface area contributed by atoms with Crippen LogP contribution in [0.25, 0.3) is 0 Å². The highest BCUT2D eigenvalue weighted by Gasteiger charge is 2.15. The largest absolute Gasteiger partial charge is 0.360 e. The molecule has 1 aromatic carbocycles. The second-order valence-electron chi connectivity index (χ2n) is 3.48. The highest BCUT2D eigenvalue weighted by atomic mass is 16.2. The minimum Gasteiger partial charge on any atom is -0.360 e. The fourth-order valence-electron chi connectivity index (χ4n) is 1.62. The molecule has 15 heavy (non-hydrogen) atoms. The molecule has 1 amide bonds. The Kier molecular flexibility index (Phi) is 2.67. The quantitative estimate of drug-likeness (QED) is 0.711. The van der Waals surface area contributed by atoms with Crippen molar-refractivity contribution in [3.8, 4) is 0 Å². The molecule has 1 heterocycles. The summed E-state index contributed by atoms with van der Waals surface area (Å²) in [5, 5.41) is 2.77. The van der Waals surface area contributed by atoms with Gasteiger partial charge in [0, 0.05) is 24.3 Å². The zero-order valence-electron chi connectivity index (χ0n) is 8.27. The maximum Gasteiger partial charge on any atom is 0.239 e. The first-order valence-corrected chi connectivity index (χ1v) is 4.86. The number of anilines is 1. The first-order chi connectivity index (χ1) is 7.29. The van der Waals surface area contributed by atoms with Crippen molar-refractivity contribution in [2.45, 2.75) is 0 Å². The van der Waals surface area contributed by atoms with Gasteiger partial charge in [0.1, 0.15) is 6.29 Å². The number of piperazine rings is 1. The fraction of sp³-hybridized carbons (Fsp3) is 0.273. The van der Waals surface area contributed by atoms with E-state index in [1.165, 1.54) is 0 Å². The number of hydrogen-bond donors (Lipinski definition) is 1. The van der Waals surface area contributed by atoms with Crippen LogP contribution in [0.3, 0.4) is 0 Å². The Morgan fingerprint density at radius 2 is 2.00 bits per heavy atom. The van der Waals surface area contributed by atoms with Gasteiger partial charge < -0.3 is 10.2 Å². The van der Waals surface area contributed by atoms with E-state index in [0.717, 1.165) is 18.5 Å². The molecular formula is C11H12N2O2. The summed E-state index contributed by atoms with van der Waals surface area (Å²) in [6.07, 6.45) is 0.812. The standard InChI is InChI=1S/C11H12N2O2/c14-8-9-1-3-10(4-2-9)13-6-5-12-11(15)7-13/h1-4,8H,5-7H2,(H,12,15). The monoisotopic (exact) mass is 204 g/mol. The van der Waals surface area contributed by atoms with E-state index < -0.39 is 0 Å². The van der Waals surface area contributed by atoms with Crippen LogP contribution in [0.5, 0.6) is 0 Å². The first-order valence-electron chi connectivity index (χ1n) is 4.86. The first kappa shape index (κ1) is 9.71. The van der Waals surface area contributed by atoms with Gasteiger partial charge >= 0.3 is 0 Å². The SMILES string of the molecule is O=Cc1ccc(N2CCNC(=O)C2)cc1. The Morgan fingerprint density at radius 3 is 2.60 bits per heavy atom. The van der Waals surface area contributed by atoms with Crippen molar-refractivity contribution < 1.29 is 9.59 Å². The van der Waals surface area contributed by atoms with E-state index in [1.54, 1.807) is 12.1 Å². The molecule has 0 aliphatic carbocycles. The molecule has 1 aliphatic rings. The second kappa shape index (κ2) is 4.13. The smallest absolute Gasteiger partial charge is 0.239 e. The molecule has 0 bridgehead atoms. The van der Waals surface area contributed by atoms with Gasteiger partial charge in [-0.1, -0.05) is 0 Å². The molecule has 4 heteroatoms. The molecule has 1 N–H and O–H groups in total. The van der Waals surface area contributed by atoms with Gasteiger partial charge in [-0.2, -0.15) is 0 Å². The van der Waals surface area contributed by atoms with E-state index in [2.05, 4.69) is 5.32 Å². The minimum atomic E-state index is 0.0423. The number of nitrogens with one attached hydrogen (secondary N) is 1. The lowest BCUT2D eigenvalue weighted by atomic mass is 10.2. The van der Waals surface area contributed by atoms with Crippen LogP contribution in [0, 0.1) is 0 Å². The van der Waals surface area contributed by atoms with Crippen molar-refractivity contribution >= 4 is 17.9 Å². The summed E-state index contributed by atoms with van der Waals surface area (Å²) in [5.74, 6) is 0.0423. The van der Waals surface area contributed by atoms with Crippen LogP contribution in [-0.2, 0) is 4.79 Å². The predicted molar refractivity (Wildman–Crippen MR) is 57.1 cm³/mol. The molecule has 0 atom stereocenters. The van der Waals surface area contributed by atoms with Crippen molar-refractivity contribution in [1.82, 2.24) is 5.32 Å². The highest BCUT2D eigenvalue weighted by Crippen LogP contribution is 2.15. The molecule has 1 fully saturated rings. The molecule has 4 nitrogen and oxygen atoms in total. The van der Waals surface area contributed by atoms with E-state index in [0.29, 0.717) is 18.7 Å². The van der Waals surface area contributed by atoms with Crippen molar-refractivity contribution in [2.24, 2.45) is 0 Å². The normalized spacial score (nSPS) is 16.0. The summed E-state index contributed by atoms with van der Waals surface area (Å²) in [6, 6.07) is 7.24. The Hall–Kier alpha value is -1.84. The molecule has 0 radical (unpaired) electrons. The Labute approximate surface area is 87.9 Å². The van der Waals surface area contributed by atoms with E-state index in [4.69, 9.17) is 0 Å². The lowest BCUT2D eigenvalue weighted by Gasteiger charge is -2.28. The third-order valence-corrected chi connectivity index (χ3v) is 2.43. The maximum atomic E-state index is 11.2. The fourth-order valence-corrected chi connectivity index (χ4v) is 1.62. The van der Waals surface area contributed by atoms with E-state index in [9.17, 15) is 9.59 Å². The summed E-state index contributed by atoms with van der Waals surface area (Å²) >= 11 is 0. The van der Waals surface area contributed by atoms with E-state index in [-0.39, 0.29) is 5.91 Å². The van der Waals surface area contributed by atoms with Crippen LogP contribution in [0.15, 0.2) is 24.3 Å². The number of aldehydes is 1. The van der Waals surface area contributed by atoms with Crippen molar-refractivity contribution in [2.75, 3.05) is 24.5 Å². The van der Waals surface area contributed by atoms with Gasteiger partial charge in [0.2, 0.25) is 5.91 Å². The van der Waals surface area contributed by atoms with Crippen molar-refractivity contribution in [1.29, 1.82) is 0 Å². The van der Waals surface area contributed by atoms with Gasteiger partial charge in [-0.25, -0.2) is 0 Å². The van der Waals surface area contributed by atoms with Crippen molar-refractivity contribution in [3.63, 3.8) is 0 Å². The lowest BCUT2D eigenvalue weighted by Crippen LogP contribution is -2.47. The molecular weight excluding hydrogens is 192 g/mol. The second-order valence-corrected chi connectivity index (χ2v) is 3.48. The molecule has 0 aromatic heterocycles. The summed E-state index contributed by atoms with van der Waals surface area (Å²) < 4.78 is 0. The van der Waals surface area contributed by atoms with Gasteiger partial charge in [0.15, 0.2) is 0 Å². The van der Waals surface area contributed by atoms with Crippen LogP contribution in [0.4, 0.5) is 5.69 Å². The van der Waals surface area contributed by atoms with E-state index in [1.807, 2.05) is 17.0 Å². The van der Waals surface area contributed by atoms with E-state index >= 15 is 0 Å². The number of carbonyl (C=O) groups is 2. The minimum absolute atomic E-state index is 0.0423. The number of carbonyl (C=O) groups excluding carboxylic acids is 2. The number of nitrogens with zero attached hydrogens (tertiary/aromatic N) is 1. The highest BCUT2D eigenvalue weighted by molar-refractivity contribution is 5.83. The molecule has 1 saturated heterocycles. The summed E-state index contributed by atoms with van der Waals surface area (Å²) in [5.41, 5.74) is 1.63. The summed E-state index contributed by atoms with van der Waals surface area (Å²) in [7, 11) is 0. The zero-order valence-corrected chi connectivity index (χ0v) is 8.27.